The fraction of sp³-hybridized carbons (Fsp3) is 0.444. The van der Waals surface area contributed by atoms with Crippen LogP contribution in [-0.4, -0.2) is 36.2 Å². The van der Waals surface area contributed by atoms with Crippen molar-refractivity contribution in [2.24, 2.45) is 5.29 Å². The lowest BCUT2D eigenvalue weighted by Gasteiger charge is -2.31. The molecule has 1 aromatic rings. The van der Waals surface area contributed by atoms with Crippen LogP contribution in [0.1, 0.15) is 0 Å². The lowest BCUT2D eigenvalue weighted by Crippen LogP contribution is -2.44. The number of pyridine rings is 1. The molecule has 0 amide bonds. The van der Waals surface area contributed by atoms with E-state index in [9.17, 15) is 4.91 Å². The van der Waals surface area contributed by atoms with Gasteiger partial charge < -0.3 is 4.90 Å². The number of nitroso groups, excluding NO2 is 1. The van der Waals surface area contributed by atoms with Crippen LogP contribution in [0.3, 0.4) is 0 Å². The second-order valence-electron chi connectivity index (χ2n) is 3.21. The summed E-state index contributed by atoms with van der Waals surface area (Å²) in [5, 5.41) is 4.45. The third-order valence-corrected chi connectivity index (χ3v) is 2.34. The maximum atomic E-state index is 10.2. The zero-order valence-electron chi connectivity index (χ0n) is 7.83. The molecule has 1 aliphatic heterocycles. The van der Waals surface area contributed by atoms with Crippen molar-refractivity contribution in [2.45, 2.75) is 0 Å². The van der Waals surface area contributed by atoms with Crippen molar-refractivity contribution in [3.8, 4) is 0 Å². The van der Waals surface area contributed by atoms with Gasteiger partial charge in [-0.3, -0.25) is 5.01 Å². The van der Waals surface area contributed by atoms with E-state index in [4.69, 9.17) is 0 Å². The van der Waals surface area contributed by atoms with Gasteiger partial charge in [-0.1, -0.05) is 6.07 Å². The molecule has 0 unspecified atom stereocenters. The Balaban J connectivity index is 1.99. The van der Waals surface area contributed by atoms with E-state index in [2.05, 4.69) is 15.2 Å². The molecule has 74 valence electrons. The number of piperazine rings is 1. The molecular weight excluding hydrogens is 180 g/mol. The van der Waals surface area contributed by atoms with Gasteiger partial charge in [0.05, 0.1) is 18.4 Å². The number of aromatic nitrogens is 1. The number of hydrogen-bond acceptors (Lipinski definition) is 4. The topological polar surface area (TPSA) is 48.8 Å². The molecular formula is C9H12N4O. The molecule has 0 aromatic carbocycles. The lowest BCUT2D eigenvalue weighted by molar-refractivity contribution is 0.266. The average Bonchev–Trinajstić information content (AvgIpc) is 2.30. The highest BCUT2D eigenvalue weighted by molar-refractivity contribution is 5.38. The van der Waals surface area contributed by atoms with Crippen LogP contribution in [-0.2, 0) is 0 Å². The molecule has 2 rings (SSSR count). The average molecular weight is 192 g/mol. The van der Waals surface area contributed by atoms with Gasteiger partial charge in [0.1, 0.15) is 5.82 Å². The van der Waals surface area contributed by atoms with Gasteiger partial charge in [0.2, 0.25) is 0 Å². The largest absolute Gasteiger partial charge is 0.353 e. The third-order valence-electron chi connectivity index (χ3n) is 2.34. The molecule has 5 heteroatoms. The summed E-state index contributed by atoms with van der Waals surface area (Å²) in [5.41, 5.74) is 0. The Bertz CT molecular complexity index is 295. The Morgan fingerprint density at radius 2 is 2.00 bits per heavy atom. The molecule has 5 nitrogen and oxygen atoms in total. The van der Waals surface area contributed by atoms with Gasteiger partial charge in [-0.05, 0) is 12.1 Å². The third kappa shape index (κ3) is 1.81. The Morgan fingerprint density at radius 1 is 1.21 bits per heavy atom. The summed E-state index contributed by atoms with van der Waals surface area (Å²) in [5.74, 6) is 0.970. The molecule has 0 saturated carbocycles. The van der Waals surface area contributed by atoms with Crippen molar-refractivity contribution in [3.05, 3.63) is 29.3 Å². The van der Waals surface area contributed by atoms with E-state index in [1.54, 1.807) is 11.2 Å². The minimum Gasteiger partial charge on any atom is -0.353 e. The summed E-state index contributed by atoms with van der Waals surface area (Å²) in [4.78, 5) is 16.7. The molecule has 14 heavy (non-hydrogen) atoms. The number of nitrogens with zero attached hydrogens (tertiary/aromatic N) is 4. The molecule has 1 fully saturated rings. The van der Waals surface area contributed by atoms with E-state index in [-0.39, 0.29) is 0 Å². The summed E-state index contributed by atoms with van der Waals surface area (Å²) >= 11 is 0. The van der Waals surface area contributed by atoms with Crippen LogP contribution in [0, 0.1) is 4.91 Å². The van der Waals surface area contributed by atoms with Gasteiger partial charge in [-0.2, -0.15) is 0 Å². The van der Waals surface area contributed by atoms with Crippen LogP contribution < -0.4 is 4.90 Å². The molecule has 1 saturated heterocycles. The Kier molecular flexibility index (Phi) is 2.58. The first-order valence-electron chi connectivity index (χ1n) is 4.64. The molecule has 1 aliphatic rings. The molecule has 0 spiro atoms. The summed E-state index contributed by atoms with van der Waals surface area (Å²) in [6, 6.07) is 5.84. The van der Waals surface area contributed by atoms with Crippen molar-refractivity contribution in [1.29, 1.82) is 0 Å². The fourth-order valence-corrected chi connectivity index (χ4v) is 1.55. The van der Waals surface area contributed by atoms with E-state index >= 15 is 0 Å². The fourth-order valence-electron chi connectivity index (χ4n) is 1.55. The van der Waals surface area contributed by atoms with Gasteiger partial charge in [0, 0.05) is 19.3 Å². The van der Waals surface area contributed by atoms with Crippen LogP contribution >= 0.6 is 0 Å². The molecule has 2 heterocycles. The number of anilines is 1. The van der Waals surface area contributed by atoms with Crippen molar-refractivity contribution in [2.75, 3.05) is 31.1 Å². The van der Waals surface area contributed by atoms with Gasteiger partial charge in [-0.15, -0.1) is 4.91 Å². The van der Waals surface area contributed by atoms with Crippen LogP contribution in [0.15, 0.2) is 29.7 Å². The first-order chi connectivity index (χ1) is 6.90. The number of hydrogen-bond donors (Lipinski definition) is 0. The zero-order valence-corrected chi connectivity index (χ0v) is 7.83. The van der Waals surface area contributed by atoms with E-state index in [1.807, 2.05) is 18.2 Å². The second-order valence-corrected chi connectivity index (χ2v) is 3.21. The minimum atomic E-state index is 0.681. The summed E-state index contributed by atoms with van der Waals surface area (Å²) < 4.78 is 0. The quantitative estimate of drug-likeness (QED) is 0.653. The molecule has 0 aliphatic carbocycles. The van der Waals surface area contributed by atoms with Gasteiger partial charge in [-0.25, -0.2) is 4.98 Å². The highest BCUT2D eigenvalue weighted by atomic mass is 16.3. The standard InChI is InChI=1S/C9H12N4O/c14-11-13-7-5-12(6-8-13)9-3-1-2-4-10-9/h1-4H,5-8H2. The highest BCUT2D eigenvalue weighted by Gasteiger charge is 2.16. The molecule has 0 atom stereocenters. The lowest BCUT2D eigenvalue weighted by atomic mass is 10.3. The van der Waals surface area contributed by atoms with E-state index in [1.165, 1.54) is 0 Å². The zero-order chi connectivity index (χ0) is 9.80. The molecule has 0 N–H and O–H groups in total. The van der Waals surface area contributed by atoms with Gasteiger partial charge in [0.25, 0.3) is 0 Å². The maximum absolute atomic E-state index is 10.2. The van der Waals surface area contributed by atoms with Crippen LogP contribution in [0.25, 0.3) is 0 Å². The second kappa shape index (κ2) is 4.04. The van der Waals surface area contributed by atoms with E-state index in [0.717, 1.165) is 18.9 Å². The van der Waals surface area contributed by atoms with Crippen LogP contribution in [0.4, 0.5) is 5.82 Å². The highest BCUT2D eigenvalue weighted by Crippen LogP contribution is 2.11. The predicted molar refractivity (Wildman–Crippen MR) is 53.8 cm³/mol. The monoisotopic (exact) mass is 192 g/mol. The SMILES string of the molecule is O=NN1CCN(c2ccccn2)CC1. The predicted octanol–water partition coefficient (Wildman–Crippen LogP) is 0.885. The maximum Gasteiger partial charge on any atom is 0.128 e. The summed E-state index contributed by atoms with van der Waals surface area (Å²) in [6.07, 6.45) is 1.78. The van der Waals surface area contributed by atoms with Gasteiger partial charge >= 0.3 is 0 Å². The Labute approximate surface area is 82.3 Å². The van der Waals surface area contributed by atoms with Crippen molar-refractivity contribution in [3.63, 3.8) is 0 Å². The summed E-state index contributed by atoms with van der Waals surface area (Å²) in [7, 11) is 0. The molecule has 0 radical (unpaired) electrons. The van der Waals surface area contributed by atoms with Crippen LogP contribution in [0.5, 0.6) is 0 Å². The normalized spacial score (nSPS) is 16.9. The van der Waals surface area contributed by atoms with Crippen LogP contribution in [0.2, 0.25) is 0 Å². The van der Waals surface area contributed by atoms with Crippen molar-refractivity contribution >= 4 is 5.82 Å². The minimum absolute atomic E-state index is 0.681. The molecule has 1 aromatic heterocycles. The van der Waals surface area contributed by atoms with E-state index < -0.39 is 0 Å². The number of rotatable bonds is 2. The first kappa shape index (κ1) is 8.93. The summed E-state index contributed by atoms with van der Waals surface area (Å²) in [6.45, 7) is 2.98. The smallest absolute Gasteiger partial charge is 0.128 e. The van der Waals surface area contributed by atoms with Crippen molar-refractivity contribution < 1.29 is 0 Å². The Hall–Kier alpha value is -1.65. The van der Waals surface area contributed by atoms with Crippen molar-refractivity contribution in [1.82, 2.24) is 9.99 Å². The Morgan fingerprint density at radius 3 is 2.57 bits per heavy atom. The van der Waals surface area contributed by atoms with Gasteiger partial charge in [0.15, 0.2) is 0 Å². The van der Waals surface area contributed by atoms with E-state index in [0.29, 0.717) is 13.1 Å². The molecule has 0 bridgehead atoms. The first-order valence-corrected chi connectivity index (χ1v) is 4.64.